The van der Waals surface area contributed by atoms with Crippen LogP contribution in [0.4, 0.5) is 34.4 Å². The summed E-state index contributed by atoms with van der Waals surface area (Å²) in [5.74, 6) is 3.64. The van der Waals surface area contributed by atoms with E-state index in [-0.39, 0.29) is 50.0 Å². The predicted octanol–water partition coefficient (Wildman–Crippen LogP) is 16.4. The molecule has 4 nitrogen and oxygen atoms in total. The predicted molar refractivity (Wildman–Crippen MR) is 306 cm³/mol. The number of hydrogen-bond donors (Lipinski definition) is 0. The maximum absolute atomic E-state index is 7.33. The molecule has 0 spiro atoms. The molecular weight excluding hydrogens is 874 g/mol. The third kappa shape index (κ3) is 7.07. The highest BCUT2D eigenvalue weighted by Gasteiger charge is 2.48. The lowest BCUT2D eigenvalue weighted by Crippen LogP contribution is -2.60. The molecule has 2 aliphatic heterocycles. The fourth-order valence-corrected chi connectivity index (χ4v) is 14.5. The number of pyridine rings is 1. The summed E-state index contributed by atoms with van der Waals surface area (Å²) in [5, 5.41) is 0. The van der Waals surface area contributed by atoms with Crippen LogP contribution < -0.4 is 30.9 Å². The van der Waals surface area contributed by atoms with Crippen molar-refractivity contribution < 1.29 is 4.74 Å². The first-order valence-corrected chi connectivity index (χ1v) is 27.7. The number of benzene rings is 5. The van der Waals surface area contributed by atoms with Crippen molar-refractivity contribution in [3.8, 4) is 11.5 Å². The van der Waals surface area contributed by atoms with Crippen LogP contribution in [-0.4, -0.2) is 11.7 Å². The topological polar surface area (TPSA) is 28.6 Å². The Kier molecular flexibility index (Phi) is 10.0. The van der Waals surface area contributed by atoms with E-state index < -0.39 is 0 Å². The van der Waals surface area contributed by atoms with E-state index in [2.05, 4.69) is 218 Å². The van der Waals surface area contributed by atoms with Gasteiger partial charge in [-0.2, -0.15) is 0 Å². The van der Waals surface area contributed by atoms with E-state index in [0.29, 0.717) is 0 Å². The van der Waals surface area contributed by atoms with Crippen LogP contribution in [0.3, 0.4) is 0 Å². The second kappa shape index (κ2) is 15.2. The lowest BCUT2D eigenvalue weighted by molar-refractivity contribution is 0.332. The summed E-state index contributed by atoms with van der Waals surface area (Å²) >= 11 is 0. The second-order valence-electron chi connectivity index (χ2n) is 28.7. The van der Waals surface area contributed by atoms with Crippen molar-refractivity contribution in [3.63, 3.8) is 0 Å². The molecule has 0 amide bonds. The van der Waals surface area contributed by atoms with E-state index in [9.17, 15) is 0 Å². The highest BCUT2D eigenvalue weighted by Crippen LogP contribution is 2.55. The number of fused-ring (bicyclic) bond motifs is 8. The van der Waals surface area contributed by atoms with Crippen molar-refractivity contribution in [3.05, 3.63) is 142 Å². The van der Waals surface area contributed by atoms with Crippen LogP contribution in [-0.2, 0) is 43.3 Å². The van der Waals surface area contributed by atoms with Gasteiger partial charge in [0.2, 0.25) is 0 Å². The second-order valence-corrected chi connectivity index (χ2v) is 28.7. The SMILES string of the molecule is CC1(C)CCC(C)(C)c2cc(N(c3ccc4c(c3)C(C)(C)CCC4(C)C)c3cc4c5c(n3)N(c3ccc6c(c3)C(C)(C)CCC6(C)C)c3cc6c(cc3B5c3ccccc3O4)C(C)(C)CCC6(C)C)ccc21. The maximum atomic E-state index is 7.33. The van der Waals surface area contributed by atoms with Gasteiger partial charge in [-0.25, -0.2) is 4.98 Å². The Morgan fingerprint density at radius 2 is 0.833 bits per heavy atom. The van der Waals surface area contributed by atoms with Gasteiger partial charge in [-0.3, -0.25) is 9.80 Å². The summed E-state index contributed by atoms with van der Waals surface area (Å²) in [6.45, 7) is 39.1. The molecule has 6 aliphatic rings. The fraction of sp³-hybridized carbons (Fsp3) is 0.478. The fourth-order valence-electron chi connectivity index (χ4n) is 14.5. The smallest absolute Gasteiger partial charge is 0.258 e. The Morgan fingerprint density at radius 3 is 1.33 bits per heavy atom. The van der Waals surface area contributed by atoms with E-state index in [1.807, 2.05) is 0 Å². The van der Waals surface area contributed by atoms with Gasteiger partial charge in [0.05, 0.1) is 0 Å². The Morgan fingerprint density at radius 1 is 0.417 bits per heavy atom. The molecule has 0 unspecified atom stereocenters. The molecule has 0 saturated carbocycles. The summed E-state index contributed by atoms with van der Waals surface area (Å²) in [6.07, 6.45) is 9.28. The molecule has 0 radical (unpaired) electrons. The van der Waals surface area contributed by atoms with Crippen molar-refractivity contribution in [1.82, 2.24) is 4.98 Å². The monoisotopic (exact) mass is 954 g/mol. The Labute approximate surface area is 433 Å². The molecule has 12 rings (SSSR count). The molecule has 4 aliphatic carbocycles. The maximum Gasteiger partial charge on any atom is 0.258 e. The van der Waals surface area contributed by atoms with Crippen molar-refractivity contribution in [2.45, 2.75) is 205 Å². The number of para-hydroxylation sites is 1. The average molecular weight is 954 g/mol. The standard InChI is InChI=1S/C67H80BN3O/c1-60(2)27-30-63(7,8)47-35-41(21-24-44(47)60)70(42-22-25-45-48(36-42)64(9,10)31-28-61(45,3)4)57-40-56-58-59(69-57)71(43-23-26-46-49(37-43)65(11,12)32-29-62(46,5)6)54-39-51-50(66(13,14)33-34-67(51,15)16)38-53(54)68(58)52-19-17-18-20-55(52)72-56/h17-26,35-40H,27-34H2,1-16H3. The first kappa shape index (κ1) is 47.7. The van der Waals surface area contributed by atoms with E-state index in [1.165, 1.54) is 86.1 Å². The van der Waals surface area contributed by atoms with Gasteiger partial charge in [-0.1, -0.05) is 153 Å². The van der Waals surface area contributed by atoms with Gasteiger partial charge in [-0.15, -0.1) is 0 Å². The molecule has 0 atom stereocenters. The summed E-state index contributed by atoms with van der Waals surface area (Å²) < 4.78 is 7.33. The van der Waals surface area contributed by atoms with E-state index >= 15 is 0 Å². The van der Waals surface area contributed by atoms with Crippen LogP contribution in [0.5, 0.6) is 11.5 Å². The van der Waals surface area contributed by atoms with E-state index in [4.69, 9.17) is 9.72 Å². The van der Waals surface area contributed by atoms with E-state index in [0.717, 1.165) is 72.1 Å². The van der Waals surface area contributed by atoms with Crippen molar-refractivity contribution in [2.75, 3.05) is 9.80 Å². The minimum atomic E-state index is -0.0566. The van der Waals surface area contributed by atoms with Gasteiger partial charge in [0.1, 0.15) is 23.1 Å². The summed E-state index contributed by atoms with van der Waals surface area (Å²) in [6, 6.07) is 38.5. The zero-order valence-corrected chi connectivity index (χ0v) is 46.7. The van der Waals surface area contributed by atoms with Crippen LogP contribution in [0.15, 0.2) is 97.1 Å². The summed E-state index contributed by atoms with van der Waals surface area (Å²) in [5.41, 5.74) is 20.5. The highest BCUT2D eigenvalue weighted by molar-refractivity contribution is 6.99. The third-order valence-corrected chi connectivity index (χ3v) is 20.0. The van der Waals surface area contributed by atoms with Crippen LogP contribution >= 0.6 is 0 Å². The first-order chi connectivity index (χ1) is 33.6. The first-order valence-electron chi connectivity index (χ1n) is 27.7. The lowest BCUT2D eigenvalue weighted by Gasteiger charge is -2.46. The molecule has 5 aromatic carbocycles. The molecule has 5 heteroatoms. The Balaban J connectivity index is 1.18. The number of rotatable bonds is 4. The minimum absolute atomic E-state index is 0.0160. The van der Waals surface area contributed by atoms with Crippen LogP contribution in [0.2, 0.25) is 0 Å². The van der Waals surface area contributed by atoms with Crippen molar-refractivity contribution in [2.24, 2.45) is 0 Å². The van der Waals surface area contributed by atoms with Gasteiger partial charge in [-0.05, 0) is 199 Å². The van der Waals surface area contributed by atoms with Gasteiger partial charge in [0, 0.05) is 34.3 Å². The molecule has 1 aromatic heterocycles. The average Bonchev–Trinajstić information content (AvgIpc) is 3.32. The number of aromatic nitrogens is 1. The van der Waals surface area contributed by atoms with Crippen molar-refractivity contribution >= 4 is 57.5 Å². The zero-order chi connectivity index (χ0) is 51.1. The quantitative estimate of drug-likeness (QED) is 0.164. The van der Waals surface area contributed by atoms with Gasteiger partial charge in [0.25, 0.3) is 6.71 Å². The Bertz CT molecular complexity index is 3190. The molecule has 0 N–H and O–H groups in total. The van der Waals surface area contributed by atoms with Crippen molar-refractivity contribution in [1.29, 1.82) is 0 Å². The van der Waals surface area contributed by atoms with Gasteiger partial charge < -0.3 is 4.74 Å². The van der Waals surface area contributed by atoms with E-state index in [1.54, 1.807) is 0 Å². The molecule has 372 valence electrons. The minimum Gasteiger partial charge on any atom is -0.458 e. The lowest BCUT2D eigenvalue weighted by atomic mass is 9.34. The molecule has 0 saturated heterocycles. The van der Waals surface area contributed by atoms with Gasteiger partial charge >= 0.3 is 0 Å². The number of hydrogen-bond acceptors (Lipinski definition) is 4. The normalized spacial score (nSPS) is 22.1. The molecule has 0 fully saturated rings. The number of nitrogens with zero attached hydrogens (tertiary/aromatic N) is 3. The molecule has 72 heavy (non-hydrogen) atoms. The molecule has 0 bridgehead atoms. The molecular formula is C67H80BN3O. The third-order valence-electron chi connectivity index (χ3n) is 20.0. The Hall–Kier alpha value is -5.29. The number of anilines is 6. The van der Waals surface area contributed by atoms with Crippen LogP contribution in [0.1, 0.15) is 207 Å². The summed E-state index contributed by atoms with van der Waals surface area (Å²) in [7, 11) is 0. The van der Waals surface area contributed by atoms with Crippen LogP contribution in [0, 0.1) is 0 Å². The number of ether oxygens (including phenoxy) is 1. The summed E-state index contributed by atoms with van der Waals surface area (Å²) in [4.78, 5) is 11.2. The molecule has 6 aromatic rings. The van der Waals surface area contributed by atoms with Gasteiger partial charge in [0.15, 0.2) is 0 Å². The zero-order valence-electron chi connectivity index (χ0n) is 46.7. The van der Waals surface area contributed by atoms with Crippen LogP contribution in [0.25, 0.3) is 0 Å². The highest BCUT2D eigenvalue weighted by atomic mass is 16.5. The largest absolute Gasteiger partial charge is 0.458 e. The molecule has 3 heterocycles.